The van der Waals surface area contributed by atoms with E-state index < -0.39 is 0 Å². The third-order valence-electron chi connectivity index (χ3n) is 1.89. The number of nitrogens with zero attached hydrogens (tertiary/aromatic N) is 1. The van der Waals surface area contributed by atoms with Crippen molar-refractivity contribution in [2.24, 2.45) is 5.92 Å². The highest BCUT2D eigenvalue weighted by atomic mass is 16.3. The summed E-state index contributed by atoms with van der Waals surface area (Å²) in [6, 6.07) is 0. The van der Waals surface area contributed by atoms with E-state index >= 15 is 0 Å². The minimum atomic E-state index is 0.674. The summed E-state index contributed by atoms with van der Waals surface area (Å²) in [6.45, 7) is 6.34. The zero-order valence-electron chi connectivity index (χ0n) is 7.42. The van der Waals surface area contributed by atoms with Crippen molar-refractivity contribution < 1.29 is 4.42 Å². The molecule has 2 nitrogen and oxygen atoms in total. The minimum absolute atomic E-state index is 0.674. The highest BCUT2D eigenvalue weighted by Crippen LogP contribution is 2.10. The largest absolute Gasteiger partial charge is 0.449 e. The van der Waals surface area contributed by atoms with Crippen molar-refractivity contribution in [3.63, 3.8) is 0 Å². The average molecular weight is 153 g/mol. The molecule has 0 fully saturated rings. The summed E-state index contributed by atoms with van der Waals surface area (Å²) in [5.41, 5.74) is 0.975. The predicted molar refractivity (Wildman–Crippen MR) is 44.4 cm³/mol. The fourth-order valence-corrected chi connectivity index (χ4v) is 0.939. The van der Waals surface area contributed by atoms with Crippen LogP contribution in [0.2, 0.25) is 0 Å². The summed E-state index contributed by atoms with van der Waals surface area (Å²) in [5, 5.41) is 0. The first-order valence-electron chi connectivity index (χ1n) is 4.13. The average Bonchev–Trinajstić information content (AvgIpc) is 2.35. The molecule has 2 heteroatoms. The molecule has 1 aromatic heterocycles. The lowest BCUT2D eigenvalue weighted by Gasteiger charge is -2.02. The van der Waals surface area contributed by atoms with Gasteiger partial charge in [0.15, 0.2) is 5.89 Å². The van der Waals surface area contributed by atoms with E-state index in [0.717, 1.165) is 18.0 Å². The normalized spacial score (nSPS) is 13.4. The van der Waals surface area contributed by atoms with E-state index in [1.165, 1.54) is 6.42 Å². The molecule has 0 bridgehead atoms. The molecule has 0 radical (unpaired) electrons. The number of aryl methyl sites for hydroxylation is 1. The van der Waals surface area contributed by atoms with Gasteiger partial charge in [-0.15, -0.1) is 0 Å². The molecule has 1 heterocycles. The van der Waals surface area contributed by atoms with Gasteiger partial charge in [0.1, 0.15) is 6.26 Å². The van der Waals surface area contributed by atoms with Crippen LogP contribution in [0.15, 0.2) is 10.7 Å². The van der Waals surface area contributed by atoms with E-state index in [9.17, 15) is 0 Å². The van der Waals surface area contributed by atoms with E-state index in [1.54, 1.807) is 6.26 Å². The second-order valence-electron chi connectivity index (χ2n) is 3.10. The smallest absolute Gasteiger partial charge is 0.194 e. The Morgan fingerprint density at radius 2 is 2.36 bits per heavy atom. The molecule has 1 atom stereocenters. The lowest BCUT2D eigenvalue weighted by Crippen LogP contribution is -1.97. The molecule has 0 amide bonds. The molecule has 0 aliphatic rings. The molecule has 62 valence electrons. The molecule has 0 aromatic carbocycles. The van der Waals surface area contributed by atoms with Crippen molar-refractivity contribution in [2.75, 3.05) is 0 Å². The number of hydrogen-bond acceptors (Lipinski definition) is 2. The summed E-state index contributed by atoms with van der Waals surface area (Å²) < 4.78 is 5.23. The Hall–Kier alpha value is -0.790. The lowest BCUT2D eigenvalue weighted by molar-refractivity contribution is 0.437. The lowest BCUT2D eigenvalue weighted by atomic mass is 10.1. The van der Waals surface area contributed by atoms with Gasteiger partial charge in [0.2, 0.25) is 0 Å². The summed E-state index contributed by atoms with van der Waals surface area (Å²) in [4.78, 5) is 4.23. The van der Waals surface area contributed by atoms with Crippen LogP contribution in [0.5, 0.6) is 0 Å². The highest BCUT2D eigenvalue weighted by molar-refractivity contribution is 4.93. The van der Waals surface area contributed by atoms with Crippen LogP contribution in [0.25, 0.3) is 0 Å². The summed E-state index contributed by atoms with van der Waals surface area (Å²) in [7, 11) is 0. The topological polar surface area (TPSA) is 26.0 Å². The third kappa shape index (κ3) is 2.37. The van der Waals surface area contributed by atoms with Gasteiger partial charge in [-0.2, -0.15) is 0 Å². The molecule has 0 aliphatic heterocycles. The Morgan fingerprint density at radius 3 is 2.82 bits per heavy atom. The van der Waals surface area contributed by atoms with Crippen molar-refractivity contribution in [3.8, 4) is 0 Å². The van der Waals surface area contributed by atoms with Crippen molar-refractivity contribution in [3.05, 3.63) is 17.8 Å². The summed E-state index contributed by atoms with van der Waals surface area (Å²) >= 11 is 0. The second-order valence-corrected chi connectivity index (χ2v) is 3.10. The zero-order valence-corrected chi connectivity index (χ0v) is 7.42. The van der Waals surface area contributed by atoms with Crippen LogP contribution < -0.4 is 0 Å². The molecule has 0 N–H and O–H groups in total. The molecule has 0 aliphatic carbocycles. The Kier molecular flexibility index (Phi) is 2.69. The second kappa shape index (κ2) is 3.56. The maximum Gasteiger partial charge on any atom is 0.194 e. The van der Waals surface area contributed by atoms with E-state index in [-0.39, 0.29) is 0 Å². The van der Waals surface area contributed by atoms with Crippen LogP contribution in [-0.4, -0.2) is 4.98 Å². The first kappa shape index (κ1) is 8.31. The molecule has 11 heavy (non-hydrogen) atoms. The third-order valence-corrected chi connectivity index (χ3v) is 1.89. The number of aromatic nitrogens is 1. The van der Waals surface area contributed by atoms with Gasteiger partial charge in [0, 0.05) is 6.42 Å². The van der Waals surface area contributed by atoms with Crippen molar-refractivity contribution >= 4 is 0 Å². The predicted octanol–water partition coefficient (Wildman–Crippen LogP) is 2.57. The fourth-order valence-electron chi connectivity index (χ4n) is 0.939. The van der Waals surface area contributed by atoms with E-state index in [1.807, 2.05) is 6.92 Å². The van der Waals surface area contributed by atoms with Crippen LogP contribution in [0.3, 0.4) is 0 Å². The molecular weight excluding hydrogens is 138 g/mol. The quantitative estimate of drug-likeness (QED) is 0.667. The van der Waals surface area contributed by atoms with Crippen LogP contribution in [-0.2, 0) is 6.42 Å². The van der Waals surface area contributed by atoms with Crippen LogP contribution in [0.4, 0.5) is 0 Å². The maximum atomic E-state index is 5.23. The Morgan fingerprint density at radius 1 is 1.64 bits per heavy atom. The molecule has 0 saturated heterocycles. The number of rotatable bonds is 3. The zero-order chi connectivity index (χ0) is 8.27. The maximum absolute atomic E-state index is 5.23. The van der Waals surface area contributed by atoms with Gasteiger partial charge >= 0.3 is 0 Å². The molecule has 1 unspecified atom stereocenters. The van der Waals surface area contributed by atoms with Gasteiger partial charge in [-0.25, -0.2) is 4.98 Å². The van der Waals surface area contributed by atoms with E-state index in [0.29, 0.717) is 5.92 Å². The van der Waals surface area contributed by atoms with Gasteiger partial charge < -0.3 is 4.42 Å². The standard InChI is InChI=1S/C9H15NO/c1-4-7(2)5-9-10-8(3)6-11-9/h6-7H,4-5H2,1-3H3. The number of oxazole rings is 1. The SMILES string of the molecule is CCC(C)Cc1nc(C)co1. The molecule has 1 rings (SSSR count). The summed E-state index contributed by atoms with van der Waals surface area (Å²) in [5.74, 6) is 1.55. The number of hydrogen-bond donors (Lipinski definition) is 0. The molecular formula is C9H15NO. The van der Waals surface area contributed by atoms with E-state index in [2.05, 4.69) is 18.8 Å². The van der Waals surface area contributed by atoms with Crippen molar-refractivity contribution in [1.82, 2.24) is 4.98 Å². The van der Waals surface area contributed by atoms with Crippen LogP contribution in [0, 0.1) is 12.8 Å². The van der Waals surface area contributed by atoms with Gasteiger partial charge in [-0.1, -0.05) is 20.3 Å². The molecule has 0 spiro atoms. The van der Waals surface area contributed by atoms with Gasteiger partial charge in [-0.3, -0.25) is 0 Å². The van der Waals surface area contributed by atoms with Crippen molar-refractivity contribution in [2.45, 2.75) is 33.6 Å². The van der Waals surface area contributed by atoms with Gasteiger partial charge in [0.25, 0.3) is 0 Å². The van der Waals surface area contributed by atoms with Crippen LogP contribution >= 0.6 is 0 Å². The van der Waals surface area contributed by atoms with Crippen LogP contribution in [0.1, 0.15) is 31.9 Å². The van der Waals surface area contributed by atoms with Gasteiger partial charge in [0.05, 0.1) is 5.69 Å². The first-order chi connectivity index (χ1) is 5.22. The van der Waals surface area contributed by atoms with E-state index in [4.69, 9.17) is 4.42 Å². The first-order valence-corrected chi connectivity index (χ1v) is 4.13. The Balaban J connectivity index is 2.50. The summed E-state index contributed by atoms with van der Waals surface area (Å²) in [6.07, 6.45) is 3.85. The minimum Gasteiger partial charge on any atom is -0.449 e. The Labute approximate surface area is 67.6 Å². The fraction of sp³-hybridized carbons (Fsp3) is 0.667. The highest BCUT2D eigenvalue weighted by Gasteiger charge is 2.05. The van der Waals surface area contributed by atoms with Crippen molar-refractivity contribution in [1.29, 1.82) is 0 Å². The monoisotopic (exact) mass is 153 g/mol. The Bertz CT molecular complexity index is 217. The van der Waals surface area contributed by atoms with Gasteiger partial charge in [-0.05, 0) is 12.8 Å². The molecule has 1 aromatic rings. The molecule has 0 saturated carbocycles.